The van der Waals surface area contributed by atoms with Crippen LogP contribution in [0.4, 0.5) is 0 Å². The van der Waals surface area contributed by atoms with Crippen LogP contribution >= 0.6 is 0 Å². The van der Waals surface area contributed by atoms with Crippen LogP contribution in [0.1, 0.15) is 143 Å². The minimum atomic E-state index is -0.0730. The Balaban J connectivity index is 2.31. The molecule has 1 aromatic carbocycles. The van der Waals surface area contributed by atoms with Crippen LogP contribution in [0.25, 0.3) is 10.9 Å². The van der Waals surface area contributed by atoms with Crippen molar-refractivity contribution in [2.75, 3.05) is 19.8 Å². The third-order valence-corrected chi connectivity index (χ3v) is 7.64. The van der Waals surface area contributed by atoms with Crippen LogP contribution in [0.2, 0.25) is 0 Å². The second-order valence-electron chi connectivity index (χ2n) is 11.3. The topological polar surface area (TPSA) is 49.7 Å². The summed E-state index contributed by atoms with van der Waals surface area (Å²) >= 11 is 0. The highest BCUT2D eigenvalue weighted by Crippen LogP contribution is 2.35. The third kappa shape index (κ3) is 12.1. The predicted molar refractivity (Wildman–Crippen MR) is 170 cm³/mol. The van der Waals surface area contributed by atoms with E-state index in [1.54, 1.807) is 0 Å². The Morgan fingerprint density at radius 2 is 1.05 bits per heavy atom. The molecular weight excluding hydrogens is 498 g/mol. The molecule has 0 atom stereocenters. The first kappa shape index (κ1) is 34.0. The Bertz CT molecular complexity index is 983. The lowest BCUT2D eigenvalue weighted by molar-refractivity contribution is 0.258. The summed E-state index contributed by atoms with van der Waals surface area (Å²) in [4.78, 5) is 13.9. The number of unbranched alkanes of at least 4 members (excludes halogenated alkanes) is 14. The van der Waals surface area contributed by atoms with Gasteiger partial charge < -0.3 is 18.8 Å². The summed E-state index contributed by atoms with van der Waals surface area (Å²) < 4.78 is 20.6. The summed E-state index contributed by atoms with van der Waals surface area (Å²) in [7, 11) is 0. The number of hydrogen-bond donors (Lipinski definition) is 0. The third-order valence-electron chi connectivity index (χ3n) is 7.64. The van der Waals surface area contributed by atoms with Crippen LogP contribution in [0, 0.1) is 0 Å². The highest BCUT2D eigenvalue weighted by molar-refractivity contribution is 5.89. The Kier molecular flexibility index (Phi) is 18.3. The number of benzene rings is 1. The molecule has 0 amide bonds. The second kappa shape index (κ2) is 21.6. The van der Waals surface area contributed by atoms with E-state index in [2.05, 4.69) is 33.8 Å². The van der Waals surface area contributed by atoms with Gasteiger partial charge in [-0.2, -0.15) is 0 Å². The van der Waals surface area contributed by atoms with Crippen molar-refractivity contribution in [1.82, 2.24) is 4.57 Å². The first-order valence-electron chi connectivity index (χ1n) is 16.8. The molecule has 0 unspecified atom stereocenters. The van der Waals surface area contributed by atoms with Crippen molar-refractivity contribution in [1.29, 1.82) is 0 Å². The van der Waals surface area contributed by atoms with Gasteiger partial charge in [-0.25, -0.2) is 0 Å². The van der Waals surface area contributed by atoms with Crippen molar-refractivity contribution in [3.8, 4) is 17.2 Å². The number of hydrogen-bond acceptors (Lipinski definition) is 4. The minimum absolute atomic E-state index is 0.0730. The van der Waals surface area contributed by atoms with Gasteiger partial charge in [-0.3, -0.25) is 4.79 Å². The minimum Gasteiger partial charge on any atom is -0.494 e. The van der Waals surface area contributed by atoms with Gasteiger partial charge in [0.1, 0.15) is 5.75 Å². The van der Waals surface area contributed by atoms with Crippen LogP contribution in [0.3, 0.4) is 0 Å². The zero-order valence-corrected chi connectivity index (χ0v) is 26.4. The van der Waals surface area contributed by atoms with E-state index in [9.17, 15) is 4.79 Å². The average molecular weight is 558 g/mol. The Labute approximate surface area is 245 Å². The van der Waals surface area contributed by atoms with Gasteiger partial charge in [0, 0.05) is 18.0 Å². The van der Waals surface area contributed by atoms with E-state index in [1.165, 1.54) is 70.6 Å². The maximum atomic E-state index is 13.9. The normalized spacial score (nSPS) is 11.3. The molecule has 0 saturated carbocycles. The van der Waals surface area contributed by atoms with Crippen LogP contribution in [-0.2, 0) is 6.54 Å². The summed E-state index contributed by atoms with van der Waals surface area (Å²) in [5.41, 5.74) is 0.819. The summed E-state index contributed by atoms with van der Waals surface area (Å²) in [6.45, 7) is 11.4. The van der Waals surface area contributed by atoms with Crippen molar-refractivity contribution in [2.24, 2.45) is 0 Å². The maximum absolute atomic E-state index is 13.9. The number of aryl methyl sites for hydroxylation is 1. The lowest BCUT2D eigenvalue weighted by Crippen LogP contribution is -2.24. The number of rotatable bonds is 25. The molecule has 228 valence electrons. The maximum Gasteiger partial charge on any atom is 0.297 e. The number of fused-ring (bicyclic) bond motifs is 1. The van der Waals surface area contributed by atoms with E-state index in [4.69, 9.17) is 14.2 Å². The van der Waals surface area contributed by atoms with Crippen molar-refractivity contribution in [3.63, 3.8) is 0 Å². The van der Waals surface area contributed by atoms with Gasteiger partial charge in [-0.05, 0) is 37.8 Å². The molecule has 2 aromatic rings. The highest BCUT2D eigenvalue weighted by Gasteiger charge is 2.20. The molecular formula is C35H59NO4. The lowest BCUT2D eigenvalue weighted by Gasteiger charge is -2.19. The van der Waals surface area contributed by atoms with Gasteiger partial charge >= 0.3 is 0 Å². The van der Waals surface area contributed by atoms with Gasteiger partial charge in [-0.1, -0.05) is 118 Å². The number of aromatic nitrogens is 1. The van der Waals surface area contributed by atoms with Crippen molar-refractivity contribution >= 4 is 10.9 Å². The van der Waals surface area contributed by atoms with Gasteiger partial charge in [-0.15, -0.1) is 0 Å². The Hall–Kier alpha value is -2.17. The molecule has 0 aliphatic rings. The van der Waals surface area contributed by atoms with Crippen molar-refractivity contribution in [2.45, 2.75) is 150 Å². The van der Waals surface area contributed by atoms with Gasteiger partial charge in [0.25, 0.3) is 5.56 Å². The zero-order valence-electron chi connectivity index (χ0n) is 26.4. The molecule has 0 fully saturated rings. The molecule has 0 radical (unpaired) electrons. The average Bonchev–Trinajstić information content (AvgIpc) is 2.96. The first-order chi connectivity index (χ1) is 19.7. The molecule has 5 nitrogen and oxygen atoms in total. The number of nitrogens with zero attached hydrogens (tertiary/aromatic N) is 1. The summed E-state index contributed by atoms with van der Waals surface area (Å²) in [5, 5.41) is 0.942. The van der Waals surface area contributed by atoms with Gasteiger partial charge in [0.2, 0.25) is 5.75 Å². The van der Waals surface area contributed by atoms with E-state index in [1.807, 2.05) is 16.7 Å². The molecule has 0 aliphatic carbocycles. The molecule has 1 aromatic heterocycles. The van der Waals surface area contributed by atoms with Crippen LogP contribution < -0.4 is 19.8 Å². The number of pyridine rings is 1. The smallest absolute Gasteiger partial charge is 0.297 e. The molecule has 0 spiro atoms. The summed E-state index contributed by atoms with van der Waals surface area (Å²) in [6, 6.07) is 6.13. The van der Waals surface area contributed by atoms with Gasteiger partial charge in [0.05, 0.1) is 25.3 Å². The molecule has 0 saturated heterocycles. The molecule has 40 heavy (non-hydrogen) atoms. The van der Waals surface area contributed by atoms with E-state index in [-0.39, 0.29) is 5.56 Å². The first-order valence-corrected chi connectivity index (χ1v) is 16.8. The fourth-order valence-electron chi connectivity index (χ4n) is 5.10. The zero-order chi connectivity index (χ0) is 28.8. The van der Waals surface area contributed by atoms with Crippen LogP contribution in [0.15, 0.2) is 23.0 Å². The summed E-state index contributed by atoms with van der Waals surface area (Å²) in [6.07, 6.45) is 20.9. The monoisotopic (exact) mass is 557 g/mol. The van der Waals surface area contributed by atoms with Crippen molar-refractivity contribution in [3.05, 3.63) is 28.6 Å². The summed E-state index contributed by atoms with van der Waals surface area (Å²) in [5.74, 6) is 1.81. The van der Waals surface area contributed by atoms with Crippen LogP contribution in [0.5, 0.6) is 17.2 Å². The molecule has 2 rings (SSSR count). The number of ether oxygens (including phenoxy) is 3. The van der Waals surface area contributed by atoms with E-state index >= 15 is 0 Å². The quantitative estimate of drug-likeness (QED) is 0.114. The fourth-order valence-corrected chi connectivity index (χ4v) is 5.10. The van der Waals surface area contributed by atoms with E-state index in [0.29, 0.717) is 37.9 Å². The molecule has 1 heterocycles. The van der Waals surface area contributed by atoms with E-state index < -0.39 is 0 Å². The van der Waals surface area contributed by atoms with E-state index in [0.717, 1.165) is 61.6 Å². The second-order valence-corrected chi connectivity index (χ2v) is 11.3. The van der Waals surface area contributed by atoms with Crippen LogP contribution in [-0.4, -0.2) is 24.4 Å². The molecule has 0 bridgehead atoms. The lowest BCUT2D eigenvalue weighted by atomic mass is 10.1. The van der Waals surface area contributed by atoms with Crippen molar-refractivity contribution < 1.29 is 14.2 Å². The highest BCUT2D eigenvalue weighted by atomic mass is 16.5. The predicted octanol–water partition coefficient (Wildman–Crippen LogP) is 10.2. The Morgan fingerprint density at radius 1 is 0.550 bits per heavy atom. The standard InChI is InChI=1S/C35H59NO4/c1-5-9-13-16-18-20-25-36-32-29-30(38-27-22-19-17-14-10-6-2)23-24-31(32)33(39-26-12-8-4)34(35(36)37)40-28-21-15-11-7-3/h23-24,29H,5-22,25-28H2,1-4H3. The Morgan fingerprint density at radius 3 is 1.70 bits per heavy atom. The largest absolute Gasteiger partial charge is 0.494 e. The fraction of sp³-hybridized carbons (Fsp3) is 0.743. The SMILES string of the molecule is CCCCCCCCOc1ccc2c(OCCCC)c(OCCCCCC)c(=O)n(CCCCCCCC)c2c1. The van der Waals surface area contributed by atoms with Gasteiger partial charge in [0.15, 0.2) is 5.75 Å². The molecule has 5 heteroatoms. The molecule has 0 N–H and O–H groups in total. The molecule has 0 aliphatic heterocycles.